The molecule has 0 spiro atoms. The van der Waals surface area contributed by atoms with Gasteiger partial charge in [-0.3, -0.25) is 4.79 Å². The quantitative estimate of drug-likeness (QED) is 0.708. The van der Waals surface area contributed by atoms with Crippen LogP contribution in [0, 0.1) is 16.7 Å². The third-order valence-corrected chi connectivity index (χ3v) is 2.57. The maximum absolute atomic E-state index is 11.2. The molecule has 0 aliphatic rings. The molecule has 0 radical (unpaired) electrons. The van der Waals surface area contributed by atoms with Crippen molar-refractivity contribution in [2.75, 3.05) is 0 Å². The Morgan fingerprint density at radius 3 is 2.08 bits per heavy atom. The molecule has 0 heterocycles. The van der Waals surface area contributed by atoms with Crippen LogP contribution in [0.25, 0.3) is 0 Å². The summed E-state index contributed by atoms with van der Waals surface area (Å²) in [5.74, 6) is -0.206. The highest BCUT2D eigenvalue weighted by atomic mass is 16.1. The topological polar surface area (TPSA) is 52.9 Å². The minimum Gasteiger partial charge on any atom is -0.350 e. The van der Waals surface area contributed by atoms with Gasteiger partial charge in [0.2, 0.25) is 5.91 Å². The van der Waals surface area contributed by atoms with Gasteiger partial charge in [-0.2, -0.15) is 5.26 Å². The van der Waals surface area contributed by atoms with Gasteiger partial charge in [0.15, 0.2) is 0 Å². The lowest BCUT2D eigenvalue weighted by atomic mass is 9.76. The molecule has 0 aliphatic carbocycles. The molecule has 0 aromatic heterocycles. The zero-order valence-corrected chi connectivity index (χ0v) is 9.06. The largest absolute Gasteiger partial charge is 0.350 e. The summed E-state index contributed by atoms with van der Waals surface area (Å²) >= 11 is 0. The molecule has 0 bridgehead atoms. The van der Waals surface area contributed by atoms with Gasteiger partial charge in [-0.05, 0) is 19.3 Å². The second kappa shape index (κ2) is 3.78. The summed E-state index contributed by atoms with van der Waals surface area (Å²) in [6, 6.07) is 1.83. The minimum absolute atomic E-state index is 0.0158. The number of rotatable bonds is 2. The number of nitrogens with zero attached hydrogens (tertiary/aromatic N) is 1. The number of hydrogen-bond acceptors (Lipinski definition) is 2. The minimum atomic E-state index is -0.291. The normalized spacial score (nSPS) is 12.0. The lowest BCUT2D eigenvalue weighted by Gasteiger charge is -2.39. The molecule has 0 saturated carbocycles. The van der Waals surface area contributed by atoms with E-state index < -0.39 is 0 Å². The maximum atomic E-state index is 11.2. The van der Waals surface area contributed by atoms with Crippen molar-refractivity contribution in [2.24, 2.45) is 5.41 Å². The Labute approximate surface area is 80.1 Å². The average Bonchev–Trinajstić information content (AvgIpc) is 1.83. The molecule has 3 nitrogen and oxygen atoms in total. The highest BCUT2D eigenvalue weighted by Crippen LogP contribution is 2.29. The molecule has 0 aromatic rings. The van der Waals surface area contributed by atoms with Gasteiger partial charge in [0.05, 0.1) is 6.07 Å². The van der Waals surface area contributed by atoms with Crippen LogP contribution in [0.2, 0.25) is 0 Å². The van der Waals surface area contributed by atoms with Crippen molar-refractivity contribution in [2.45, 2.75) is 46.6 Å². The highest BCUT2D eigenvalue weighted by molar-refractivity contribution is 5.78. The fourth-order valence-electron chi connectivity index (χ4n) is 0.652. The van der Waals surface area contributed by atoms with E-state index in [2.05, 4.69) is 26.1 Å². The predicted molar refractivity (Wildman–Crippen MR) is 51.9 cm³/mol. The van der Waals surface area contributed by atoms with E-state index in [9.17, 15) is 4.79 Å². The molecule has 74 valence electrons. The van der Waals surface area contributed by atoms with Crippen LogP contribution in [0.5, 0.6) is 0 Å². The lowest BCUT2D eigenvalue weighted by Crippen LogP contribution is -2.52. The van der Waals surface area contributed by atoms with Crippen molar-refractivity contribution in [3.63, 3.8) is 0 Å². The molecule has 1 amide bonds. The van der Waals surface area contributed by atoms with Gasteiger partial charge in [-0.1, -0.05) is 20.8 Å². The van der Waals surface area contributed by atoms with Crippen molar-refractivity contribution >= 4 is 5.91 Å². The second-order valence-electron chi connectivity index (χ2n) is 4.76. The van der Waals surface area contributed by atoms with Gasteiger partial charge >= 0.3 is 0 Å². The van der Waals surface area contributed by atoms with E-state index in [0.29, 0.717) is 0 Å². The molecular formula is C10H18N2O. The van der Waals surface area contributed by atoms with Crippen LogP contribution in [0.4, 0.5) is 0 Å². The number of amides is 1. The van der Waals surface area contributed by atoms with Crippen LogP contribution in [-0.2, 0) is 4.79 Å². The van der Waals surface area contributed by atoms with Crippen molar-refractivity contribution < 1.29 is 4.79 Å². The monoisotopic (exact) mass is 182 g/mol. The third-order valence-electron chi connectivity index (χ3n) is 2.57. The number of carbonyl (C=O) groups excluding carboxylic acids is 1. The smallest absolute Gasteiger partial charge is 0.234 e. The second-order valence-corrected chi connectivity index (χ2v) is 4.76. The number of hydrogen-bond donors (Lipinski definition) is 1. The fraction of sp³-hybridized carbons (Fsp3) is 0.800. The van der Waals surface area contributed by atoms with Crippen LogP contribution >= 0.6 is 0 Å². The number of nitrogens with one attached hydrogen (secondary N) is 1. The van der Waals surface area contributed by atoms with Crippen LogP contribution in [0.1, 0.15) is 41.0 Å². The van der Waals surface area contributed by atoms with E-state index in [4.69, 9.17) is 5.26 Å². The Morgan fingerprint density at radius 1 is 1.31 bits per heavy atom. The summed E-state index contributed by atoms with van der Waals surface area (Å²) in [5.41, 5.74) is -0.306. The van der Waals surface area contributed by atoms with Gasteiger partial charge in [-0.25, -0.2) is 0 Å². The Kier molecular flexibility index (Phi) is 3.48. The molecule has 0 rings (SSSR count). The highest BCUT2D eigenvalue weighted by Gasteiger charge is 2.33. The zero-order chi connectivity index (χ0) is 10.7. The van der Waals surface area contributed by atoms with Crippen molar-refractivity contribution in [3.8, 4) is 6.07 Å². The molecule has 0 saturated heterocycles. The van der Waals surface area contributed by atoms with Gasteiger partial charge in [0.1, 0.15) is 6.42 Å². The van der Waals surface area contributed by atoms with E-state index in [1.807, 2.05) is 19.9 Å². The molecule has 0 atom stereocenters. The predicted octanol–water partition coefficient (Wildman–Crippen LogP) is 1.84. The van der Waals surface area contributed by atoms with Crippen molar-refractivity contribution in [3.05, 3.63) is 0 Å². The first-order chi connectivity index (χ1) is 5.70. The molecule has 0 fully saturated rings. The van der Waals surface area contributed by atoms with Gasteiger partial charge in [0, 0.05) is 5.54 Å². The zero-order valence-electron chi connectivity index (χ0n) is 9.06. The maximum Gasteiger partial charge on any atom is 0.234 e. The van der Waals surface area contributed by atoms with Crippen LogP contribution < -0.4 is 5.32 Å². The van der Waals surface area contributed by atoms with E-state index in [1.165, 1.54) is 0 Å². The molecule has 13 heavy (non-hydrogen) atoms. The van der Waals surface area contributed by atoms with E-state index in [0.717, 1.165) is 0 Å². The molecule has 0 unspecified atom stereocenters. The van der Waals surface area contributed by atoms with Gasteiger partial charge in [-0.15, -0.1) is 0 Å². The lowest BCUT2D eigenvalue weighted by molar-refractivity contribution is -0.122. The Morgan fingerprint density at radius 2 is 1.77 bits per heavy atom. The van der Waals surface area contributed by atoms with Gasteiger partial charge < -0.3 is 5.32 Å². The first-order valence-electron chi connectivity index (χ1n) is 4.38. The summed E-state index contributed by atoms with van der Waals surface area (Å²) in [6.45, 7) is 10.1. The average molecular weight is 182 g/mol. The Balaban J connectivity index is 4.36. The SMILES string of the molecule is CC(C)(C)C(C)(C)NC(=O)CC#N. The Bertz CT molecular complexity index is 230. The molecule has 0 aromatic carbocycles. The molecular weight excluding hydrogens is 164 g/mol. The van der Waals surface area contributed by atoms with Crippen molar-refractivity contribution in [1.29, 1.82) is 5.26 Å². The van der Waals surface area contributed by atoms with E-state index >= 15 is 0 Å². The van der Waals surface area contributed by atoms with Crippen LogP contribution in [0.15, 0.2) is 0 Å². The summed E-state index contributed by atoms with van der Waals surface area (Å²) in [7, 11) is 0. The fourth-order valence-corrected chi connectivity index (χ4v) is 0.652. The molecule has 1 N–H and O–H groups in total. The summed E-state index contributed by atoms with van der Waals surface area (Å²) in [6.07, 6.45) is -0.0699. The van der Waals surface area contributed by atoms with Gasteiger partial charge in [0.25, 0.3) is 0 Å². The number of nitriles is 1. The summed E-state index contributed by atoms with van der Waals surface area (Å²) < 4.78 is 0. The molecule has 0 aliphatic heterocycles. The summed E-state index contributed by atoms with van der Waals surface area (Å²) in [5, 5.41) is 11.2. The van der Waals surface area contributed by atoms with E-state index in [1.54, 1.807) is 0 Å². The van der Waals surface area contributed by atoms with E-state index in [-0.39, 0.29) is 23.3 Å². The van der Waals surface area contributed by atoms with Crippen molar-refractivity contribution in [1.82, 2.24) is 5.32 Å². The first kappa shape index (κ1) is 12.0. The molecule has 3 heteroatoms. The third kappa shape index (κ3) is 3.45. The Hall–Kier alpha value is -1.04. The standard InChI is InChI=1S/C10H18N2O/c1-9(2,3)10(4,5)12-8(13)6-7-11/h6H2,1-5H3,(H,12,13). The first-order valence-corrected chi connectivity index (χ1v) is 4.38. The van der Waals surface area contributed by atoms with Crippen LogP contribution in [-0.4, -0.2) is 11.4 Å². The summed E-state index contributed by atoms with van der Waals surface area (Å²) in [4.78, 5) is 11.2. The van der Waals surface area contributed by atoms with Crippen LogP contribution in [0.3, 0.4) is 0 Å². The number of carbonyl (C=O) groups is 1.